The molecule has 0 saturated heterocycles. The molecule has 0 aliphatic heterocycles. The Morgan fingerprint density at radius 3 is 1.61 bits per heavy atom. The Bertz CT molecular complexity index is 1350. The number of hydrogen-bond donors (Lipinski definition) is 1. The molecule has 0 spiro atoms. The van der Waals surface area contributed by atoms with Crippen LogP contribution in [0.1, 0.15) is 21.0 Å². The van der Waals surface area contributed by atoms with E-state index < -0.39 is 35.2 Å². The predicted molar refractivity (Wildman–Crippen MR) is 99.6 cm³/mol. The fraction of sp³-hybridized carbons (Fsp3) is 0.158. The zero-order valence-electron chi connectivity index (χ0n) is 16.3. The lowest BCUT2D eigenvalue weighted by Crippen LogP contribution is -2.08. The van der Waals surface area contributed by atoms with Crippen molar-refractivity contribution >= 4 is 33.7 Å². The standard InChI is InChI=1S/C10H8F2N2O2.C9H6F2N2O2/c1-14-9(10(15)16-2)5-3-6(11)7(12)4-8(5)13-14;1-13-8(9(14)15)4-2-5(10)6(11)3-7(4)12-13/h3-4H,1-2H3;2-3H,1H3,(H,14,15). The van der Waals surface area contributed by atoms with Gasteiger partial charge in [0.25, 0.3) is 0 Å². The Morgan fingerprint density at radius 2 is 1.19 bits per heavy atom. The molecule has 8 nitrogen and oxygen atoms in total. The molecule has 0 fully saturated rings. The normalized spacial score (nSPS) is 10.8. The van der Waals surface area contributed by atoms with Gasteiger partial charge in [0.15, 0.2) is 34.7 Å². The number of benzene rings is 2. The van der Waals surface area contributed by atoms with Crippen LogP contribution < -0.4 is 0 Å². The fourth-order valence-corrected chi connectivity index (χ4v) is 2.98. The molecule has 1 N–H and O–H groups in total. The maximum Gasteiger partial charge on any atom is 0.356 e. The molecule has 4 rings (SSSR count). The van der Waals surface area contributed by atoms with Gasteiger partial charge in [-0.25, -0.2) is 27.2 Å². The number of hydrogen-bond acceptors (Lipinski definition) is 5. The minimum atomic E-state index is -1.23. The molecule has 12 heteroatoms. The van der Waals surface area contributed by atoms with Crippen LogP contribution in [-0.2, 0) is 18.8 Å². The largest absolute Gasteiger partial charge is 0.477 e. The third-order valence-electron chi connectivity index (χ3n) is 4.33. The van der Waals surface area contributed by atoms with E-state index in [0.29, 0.717) is 0 Å². The summed E-state index contributed by atoms with van der Waals surface area (Å²) in [5.41, 5.74) is 0.260. The Kier molecular flexibility index (Phi) is 5.64. The van der Waals surface area contributed by atoms with Gasteiger partial charge < -0.3 is 9.84 Å². The van der Waals surface area contributed by atoms with Crippen molar-refractivity contribution < 1.29 is 37.0 Å². The molecule has 2 aromatic carbocycles. The van der Waals surface area contributed by atoms with Crippen molar-refractivity contribution in [3.8, 4) is 0 Å². The second kappa shape index (κ2) is 8.05. The molecule has 162 valence electrons. The highest BCUT2D eigenvalue weighted by Gasteiger charge is 2.19. The summed E-state index contributed by atoms with van der Waals surface area (Å²) in [6, 6.07) is 3.58. The molecule has 31 heavy (non-hydrogen) atoms. The van der Waals surface area contributed by atoms with Gasteiger partial charge in [-0.15, -0.1) is 0 Å². The SMILES string of the molecule is COC(=O)c1c2cc(F)c(F)cc2nn1C.Cn1nc2cc(F)c(F)cc2c1C(=O)O. The van der Waals surface area contributed by atoms with Crippen molar-refractivity contribution in [2.24, 2.45) is 14.1 Å². The van der Waals surface area contributed by atoms with Crippen molar-refractivity contribution in [1.82, 2.24) is 19.6 Å². The highest BCUT2D eigenvalue weighted by Crippen LogP contribution is 2.22. The number of aryl methyl sites for hydroxylation is 2. The van der Waals surface area contributed by atoms with Crippen LogP contribution in [0.15, 0.2) is 24.3 Å². The number of carbonyl (C=O) groups is 2. The van der Waals surface area contributed by atoms with Gasteiger partial charge in [-0.3, -0.25) is 9.36 Å². The van der Waals surface area contributed by atoms with Crippen molar-refractivity contribution in [1.29, 1.82) is 0 Å². The smallest absolute Gasteiger partial charge is 0.356 e. The van der Waals surface area contributed by atoms with Gasteiger partial charge in [-0.1, -0.05) is 0 Å². The predicted octanol–water partition coefficient (Wildman–Crippen LogP) is 3.19. The summed E-state index contributed by atoms with van der Waals surface area (Å²) >= 11 is 0. The number of carboxylic acid groups (broad SMARTS) is 1. The minimum absolute atomic E-state index is 0.0869. The summed E-state index contributed by atoms with van der Waals surface area (Å²) in [7, 11) is 4.11. The molecule has 0 unspecified atom stereocenters. The fourth-order valence-electron chi connectivity index (χ4n) is 2.98. The number of aromatic nitrogens is 4. The molecule has 0 atom stereocenters. The number of carbonyl (C=O) groups excluding carboxylic acids is 1. The molecule has 0 aliphatic rings. The highest BCUT2D eigenvalue weighted by atomic mass is 19.2. The highest BCUT2D eigenvalue weighted by molar-refractivity contribution is 6.02. The van der Waals surface area contributed by atoms with Gasteiger partial charge in [0.1, 0.15) is 0 Å². The average Bonchev–Trinajstić information content (AvgIpc) is 3.17. The Morgan fingerprint density at radius 1 is 0.806 bits per heavy atom. The lowest BCUT2D eigenvalue weighted by Gasteiger charge is -1.99. The van der Waals surface area contributed by atoms with Gasteiger partial charge in [-0.05, 0) is 12.1 Å². The molecule has 0 amide bonds. The van der Waals surface area contributed by atoms with Crippen molar-refractivity contribution in [3.63, 3.8) is 0 Å². The third kappa shape index (κ3) is 3.91. The van der Waals surface area contributed by atoms with E-state index in [1.54, 1.807) is 0 Å². The summed E-state index contributed by atoms with van der Waals surface area (Å²) in [4.78, 5) is 22.2. The first kappa shape index (κ1) is 21.7. The lowest BCUT2D eigenvalue weighted by molar-refractivity contribution is 0.0589. The van der Waals surface area contributed by atoms with E-state index in [0.717, 1.165) is 28.9 Å². The monoisotopic (exact) mass is 438 g/mol. The Balaban J connectivity index is 0.000000176. The molecule has 0 saturated carbocycles. The van der Waals surface area contributed by atoms with Crippen molar-refractivity contribution in [2.45, 2.75) is 0 Å². The maximum atomic E-state index is 13.0. The van der Waals surface area contributed by atoms with E-state index in [1.807, 2.05) is 0 Å². The topological polar surface area (TPSA) is 99.2 Å². The molecule has 2 aromatic heterocycles. The van der Waals surface area contributed by atoms with Gasteiger partial charge in [0.2, 0.25) is 0 Å². The molecule has 2 heterocycles. The van der Waals surface area contributed by atoms with E-state index >= 15 is 0 Å². The Labute approximate surface area is 171 Å². The molecule has 0 bridgehead atoms. The van der Waals surface area contributed by atoms with E-state index in [1.165, 1.54) is 25.9 Å². The van der Waals surface area contributed by atoms with Crippen LogP contribution in [0.25, 0.3) is 21.8 Å². The number of methoxy groups -OCH3 is 1. The van der Waals surface area contributed by atoms with Crippen LogP contribution in [0.5, 0.6) is 0 Å². The number of esters is 1. The zero-order valence-corrected chi connectivity index (χ0v) is 16.3. The Hall–Kier alpha value is -3.96. The van der Waals surface area contributed by atoms with Gasteiger partial charge >= 0.3 is 11.9 Å². The summed E-state index contributed by atoms with van der Waals surface area (Å²) in [5.74, 6) is -6.02. The lowest BCUT2D eigenvalue weighted by atomic mass is 10.2. The summed E-state index contributed by atoms with van der Waals surface area (Å²) in [6.45, 7) is 0. The number of aromatic carboxylic acids is 1. The molecular formula is C19H14F4N4O4. The van der Waals surface area contributed by atoms with Gasteiger partial charge in [0.05, 0.1) is 18.1 Å². The number of ether oxygens (including phenoxy) is 1. The van der Waals surface area contributed by atoms with Crippen LogP contribution in [0, 0.1) is 23.3 Å². The summed E-state index contributed by atoms with van der Waals surface area (Å²) in [6.07, 6.45) is 0. The summed E-state index contributed by atoms with van der Waals surface area (Å²) < 4.78 is 58.5. The summed E-state index contributed by atoms with van der Waals surface area (Å²) in [5, 5.41) is 16.8. The first-order valence-corrected chi connectivity index (χ1v) is 8.50. The third-order valence-corrected chi connectivity index (χ3v) is 4.33. The van der Waals surface area contributed by atoms with E-state index in [-0.39, 0.29) is 33.2 Å². The first-order valence-electron chi connectivity index (χ1n) is 8.50. The van der Waals surface area contributed by atoms with Crippen LogP contribution in [0.2, 0.25) is 0 Å². The van der Waals surface area contributed by atoms with E-state index in [2.05, 4.69) is 14.9 Å². The quantitative estimate of drug-likeness (QED) is 0.381. The van der Waals surface area contributed by atoms with Crippen molar-refractivity contribution in [3.05, 3.63) is 58.9 Å². The van der Waals surface area contributed by atoms with Crippen LogP contribution in [-0.4, -0.2) is 43.7 Å². The second-order valence-corrected chi connectivity index (χ2v) is 6.31. The number of fused-ring (bicyclic) bond motifs is 2. The minimum Gasteiger partial charge on any atom is -0.477 e. The first-order chi connectivity index (χ1) is 14.5. The molecule has 0 aliphatic carbocycles. The van der Waals surface area contributed by atoms with E-state index in [4.69, 9.17) is 5.11 Å². The number of halogens is 4. The zero-order chi connectivity index (χ0) is 23.0. The average molecular weight is 438 g/mol. The van der Waals surface area contributed by atoms with E-state index in [9.17, 15) is 27.2 Å². The maximum absolute atomic E-state index is 13.0. The van der Waals surface area contributed by atoms with Crippen LogP contribution in [0.4, 0.5) is 17.6 Å². The molecule has 4 aromatic rings. The van der Waals surface area contributed by atoms with Crippen LogP contribution in [0.3, 0.4) is 0 Å². The van der Waals surface area contributed by atoms with Crippen molar-refractivity contribution in [2.75, 3.05) is 7.11 Å². The second-order valence-electron chi connectivity index (χ2n) is 6.31. The number of nitrogens with zero attached hydrogens (tertiary/aromatic N) is 4. The van der Waals surface area contributed by atoms with Gasteiger partial charge in [0, 0.05) is 37.0 Å². The molecular weight excluding hydrogens is 424 g/mol. The van der Waals surface area contributed by atoms with Crippen LogP contribution >= 0.6 is 0 Å². The molecule has 0 radical (unpaired) electrons. The number of rotatable bonds is 2. The van der Waals surface area contributed by atoms with Gasteiger partial charge in [-0.2, -0.15) is 10.2 Å². The number of carboxylic acids is 1.